The van der Waals surface area contributed by atoms with E-state index in [1.54, 1.807) is 32.3 Å². The Morgan fingerprint density at radius 1 is 1.07 bits per heavy atom. The Balaban J connectivity index is 2.23. The molecule has 158 valence electrons. The summed E-state index contributed by atoms with van der Waals surface area (Å²) in [6.45, 7) is 6.36. The number of ether oxygens (including phenoxy) is 1. The van der Waals surface area contributed by atoms with E-state index in [-0.39, 0.29) is 17.6 Å². The molecule has 0 aliphatic carbocycles. The van der Waals surface area contributed by atoms with Crippen LogP contribution in [0.4, 0.5) is 17.1 Å². The summed E-state index contributed by atoms with van der Waals surface area (Å²) < 4.78 is 5.42. The molecule has 2 N–H and O–H groups in total. The van der Waals surface area contributed by atoms with Crippen molar-refractivity contribution in [2.24, 2.45) is 5.92 Å². The van der Waals surface area contributed by atoms with E-state index in [2.05, 4.69) is 24.5 Å². The maximum absolute atomic E-state index is 12.4. The Hall–Kier alpha value is -2.83. The molecule has 0 bridgehead atoms. The quantitative estimate of drug-likeness (QED) is 0.594. The molecule has 29 heavy (non-hydrogen) atoms. The number of carbonyl (C=O) groups excluding carboxylic acids is 1. The van der Waals surface area contributed by atoms with Crippen LogP contribution < -0.4 is 26.2 Å². The van der Waals surface area contributed by atoms with Crippen LogP contribution in [0.3, 0.4) is 0 Å². The largest absolute Gasteiger partial charge is 0.494 e. The third kappa shape index (κ3) is 5.16. The normalized spacial score (nSPS) is 12.1. The van der Waals surface area contributed by atoms with E-state index in [0.29, 0.717) is 28.6 Å². The van der Waals surface area contributed by atoms with E-state index >= 15 is 0 Å². The van der Waals surface area contributed by atoms with Crippen LogP contribution in [0.1, 0.15) is 50.4 Å². The number of carbonyl (C=O) groups is 1. The molecule has 0 radical (unpaired) electrons. The lowest BCUT2D eigenvalue weighted by atomic mass is 10.0. The van der Waals surface area contributed by atoms with Gasteiger partial charge in [-0.05, 0) is 31.4 Å². The highest BCUT2D eigenvalue weighted by Crippen LogP contribution is 2.33. The molecule has 0 heterocycles. The molecule has 0 spiro atoms. The van der Waals surface area contributed by atoms with Crippen molar-refractivity contribution in [3.8, 4) is 5.75 Å². The molecule has 0 saturated heterocycles. The van der Waals surface area contributed by atoms with Crippen LogP contribution in [-0.4, -0.2) is 38.1 Å². The van der Waals surface area contributed by atoms with Gasteiger partial charge in [-0.1, -0.05) is 32.8 Å². The van der Waals surface area contributed by atoms with Gasteiger partial charge < -0.3 is 20.3 Å². The van der Waals surface area contributed by atoms with Crippen molar-refractivity contribution >= 4 is 23.0 Å². The van der Waals surface area contributed by atoms with Gasteiger partial charge in [0.2, 0.25) is 0 Å². The summed E-state index contributed by atoms with van der Waals surface area (Å²) in [5, 5.41) is 6.16. The Bertz CT molecular complexity index is 927. The van der Waals surface area contributed by atoms with Crippen molar-refractivity contribution in [2.75, 3.05) is 31.8 Å². The summed E-state index contributed by atoms with van der Waals surface area (Å²) in [5.74, 6) is 0.748. The number of amides is 1. The molecule has 1 atom stereocenters. The first-order chi connectivity index (χ1) is 13.7. The summed E-state index contributed by atoms with van der Waals surface area (Å²) in [7, 11) is 4.77. The topological polar surface area (TPSA) is 87.7 Å². The zero-order valence-electron chi connectivity index (χ0n) is 18.1. The second-order valence-corrected chi connectivity index (χ2v) is 7.99. The number of methoxy groups -OCH3 is 1. The van der Waals surface area contributed by atoms with Gasteiger partial charge >= 0.3 is 0 Å². The highest BCUT2D eigenvalue weighted by molar-refractivity contribution is 5.99. The highest BCUT2D eigenvalue weighted by Gasteiger charge is 2.25. The standard InChI is InChI=1S/C22H31N3O4/c1-13(2)9-7-10-14(3)23-17-18(20(27)19(17)26)24-16-12-8-11-15(21(16)29-6)22(28)25(4)5/h8,11-14,23-24H,7,9-10H2,1-6H3. The smallest absolute Gasteiger partial charge is 0.257 e. The molecule has 0 aliphatic rings. The SMILES string of the molecule is COc1c(Nc2c(NC(C)CCCC(C)C)c(=O)c2=O)cccc1C(=O)N(C)C. The molecule has 0 saturated carbocycles. The fraction of sp³-hybridized carbons (Fsp3) is 0.500. The molecular weight excluding hydrogens is 370 g/mol. The fourth-order valence-corrected chi connectivity index (χ4v) is 3.20. The van der Waals surface area contributed by atoms with Gasteiger partial charge in [0, 0.05) is 20.1 Å². The van der Waals surface area contributed by atoms with Crippen molar-refractivity contribution in [3.63, 3.8) is 0 Å². The van der Waals surface area contributed by atoms with Gasteiger partial charge in [0.1, 0.15) is 11.4 Å². The van der Waals surface area contributed by atoms with E-state index in [4.69, 9.17) is 4.74 Å². The van der Waals surface area contributed by atoms with Crippen LogP contribution in [-0.2, 0) is 0 Å². The lowest BCUT2D eigenvalue weighted by Gasteiger charge is -2.21. The minimum absolute atomic E-state index is 0.0705. The number of benzene rings is 1. The maximum Gasteiger partial charge on any atom is 0.257 e. The fourth-order valence-electron chi connectivity index (χ4n) is 3.20. The summed E-state index contributed by atoms with van der Waals surface area (Å²) in [6, 6.07) is 5.14. The zero-order valence-corrected chi connectivity index (χ0v) is 18.1. The molecule has 2 rings (SSSR count). The number of hydrogen-bond acceptors (Lipinski definition) is 6. The number of para-hydroxylation sites is 1. The lowest BCUT2D eigenvalue weighted by Crippen LogP contribution is -2.38. The minimum Gasteiger partial charge on any atom is -0.494 e. The van der Waals surface area contributed by atoms with Gasteiger partial charge in [0.25, 0.3) is 16.8 Å². The molecule has 0 fully saturated rings. The summed E-state index contributed by atoms with van der Waals surface area (Å²) in [6.07, 6.45) is 3.08. The van der Waals surface area contributed by atoms with Gasteiger partial charge in [0.15, 0.2) is 5.75 Å². The Morgan fingerprint density at radius 2 is 1.72 bits per heavy atom. The number of rotatable bonds is 10. The molecule has 1 unspecified atom stereocenters. The second-order valence-electron chi connectivity index (χ2n) is 7.99. The van der Waals surface area contributed by atoms with Crippen LogP contribution in [0.25, 0.3) is 0 Å². The van der Waals surface area contributed by atoms with Crippen molar-refractivity contribution < 1.29 is 9.53 Å². The maximum atomic E-state index is 12.4. The van der Waals surface area contributed by atoms with E-state index in [1.165, 1.54) is 12.0 Å². The van der Waals surface area contributed by atoms with Crippen LogP contribution in [0.2, 0.25) is 0 Å². The molecule has 2 aromatic carbocycles. The monoisotopic (exact) mass is 401 g/mol. The van der Waals surface area contributed by atoms with E-state index in [0.717, 1.165) is 19.3 Å². The summed E-state index contributed by atoms with van der Waals surface area (Å²) in [5.41, 5.74) is 0.230. The molecule has 7 nitrogen and oxygen atoms in total. The second kappa shape index (κ2) is 9.58. The molecule has 7 heteroatoms. The van der Waals surface area contributed by atoms with Crippen molar-refractivity contribution in [3.05, 3.63) is 44.2 Å². The Morgan fingerprint density at radius 3 is 2.31 bits per heavy atom. The number of nitrogens with zero attached hydrogens (tertiary/aromatic N) is 1. The predicted octanol–water partition coefficient (Wildman–Crippen LogP) is 3.36. The van der Waals surface area contributed by atoms with Crippen molar-refractivity contribution in [2.45, 2.75) is 46.1 Å². The molecule has 0 aliphatic heterocycles. The van der Waals surface area contributed by atoms with Gasteiger partial charge in [-0.2, -0.15) is 0 Å². The van der Waals surface area contributed by atoms with Crippen molar-refractivity contribution in [1.82, 2.24) is 4.90 Å². The highest BCUT2D eigenvalue weighted by atomic mass is 16.5. The van der Waals surface area contributed by atoms with E-state index in [1.807, 2.05) is 6.92 Å². The number of anilines is 3. The lowest BCUT2D eigenvalue weighted by molar-refractivity contribution is 0.0824. The van der Waals surface area contributed by atoms with Gasteiger partial charge in [-0.3, -0.25) is 14.4 Å². The minimum atomic E-state index is -0.576. The molecule has 1 amide bonds. The first-order valence-electron chi connectivity index (χ1n) is 9.92. The van der Waals surface area contributed by atoms with Gasteiger partial charge in [-0.25, -0.2) is 0 Å². The van der Waals surface area contributed by atoms with Crippen molar-refractivity contribution in [1.29, 1.82) is 0 Å². The van der Waals surface area contributed by atoms with Crippen LogP contribution in [0.15, 0.2) is 27.8 Å². The predicted molar refractivity (Wildman–Crippen MR) is 117 cm³/mol. The Labute approximate surface area is 171 Å². The van der Waals surface area contributed by atoms with Gasteiger partial charge in [0.05, 0.1) is 18.4 Å². The summed E-state index contributed by atoms with van der Waals surface area (Å²) >= 11 is 0. The average Bonchev–Trinajstić information content (AvgIpc) is 2.68. The molecule has 0 aromatic heterocycles. The third-order valence-corrected chi connectivity index (χ3v) is 4.84. The zero-order chi connectivity index (χ0) is 21.7. The molecule has 2 aromatic rings. The van der Waals surface area contributed by atoms with Crippen LogP contribution in [0, 0.1) is 5.92 Å². The summed E-state index contributed by atoms with van der Waals surface area (Å²) in [4.78, 5) is 38.1. The third-order valence-electron chi connectivity index (χ3n) is 4.84. The van der Waals surface area contributed by atoms with E-state index in [9.17, 15) is 14.4 Å². The van der Waals surface area contributed by atoms with E-state index < -0.39 is 10.9 Å². The number of nitrogens with one attached hydrogen (secondary N) is 2. The van der Waals surface area contributed by atoms with Gasteiger partial charge in [-0.15, -0.1) is 0 Å². The Kier molecular flexibility index (Phi) is 7.42. The average molecular weight is 402 g/mol. The first-order valence-corrected chi connectivity index (χ1v) is 9.92. The first kappa shape index (κ1) is 22.5. The number of hydrogen-bond donors (Lipinski definition) is 2. The van der Waals surface area contributed by atoms with Crippen LogP contribution in [0.5, 0.6) is 5.75 Å². The van der Waals surface area contributed by atoms with Crippen LogP contribution >= 0.6 is 0 Å². The molecular formula is C22H31N3O4.